The van der Waals surface area contributed by atoms with Crippen LogP contribution in [0, 0.1) is 6.92 Å². The van der Waals surface area contributed by atoms with Crippen molar-refractivity contribution in [3.8, 4) is 0 Å². The molecular formula is C12H11N3O3S2. The Labute approximate surface area is 120 Å². The summed E-state index contributed by atoms with van der Waals surface area (Å²) in [5, 5.41) is 2.64. The molecular weight excluding hydrogens is 298 g/mol. The number of nitrogens with zero attached hydrogens (tertiary/aromatic N) is 2. The van der Waals surface area contributed by atoms with Crippen LogP contribution in [0.1, 0.15) is 10.7 Å². The lowest BCUT2D eigenvalue weighted by Crippen LogP contribution is -2.29. The maximum Gasteiger partial charge on any atom is 0.265 e. The van der Waals surface area contributed by atoms with Crippen LogP contribution in [0.4, 0.5) is 0 Å². The Morgan fingerprint density at radius 2 is 2.25 bits per heavy atom. The van der Waals surface area contributed by atoms with E-state index in [1.165, 1.54) is 41.9 Å². The first kappa shape index (κ1) is 14.4. The second kappa shape index (κ2) is 5.93. The Morgan fingerprint density at radius 3 is 2.85 bits per heavy atom. The van der Waals surface area contributed by atoms with Gasteiger partial charge in [-0.25, -0.2) is 18.1 Å². The van der Waals surface area contributed by atoms with E-state index in [1.54, 1.807) is 5.38 Å². The number of hydrogen-bond donors (Lipinski definition) is 1. The molecule has 2 heterocycles. The molecule has 6 nitrogen and oxygen atoms in total. The molecule has 0 fully saturated rings. The van der Waals surface area contributed by atoms with Crippen molar-refractivity contribution in [3.05, 3.63) is 46.7 Å². The minimum Gasteiger partial charge on any atom is -0.269 e. The second-order valence-corrected chi connectivity index (χ2v) is 6.53. The molecule has 8 heteroatoms. The lowest BCUT2D eigenvalue weighted by atomic mass is 10.4. The van der Waals surface area contributed by atoms with E-state index in [4.69, 9.17) is 0 Å². The number of amides is 1. The molecule has 0 bridgehead atoms. The first-order chi connectivity index (χ1) is 9.47. The van der Waals surface area contributed by atoms with Crippen LogP contribution in [-0.2, 0) is 14.8 Å². The van der Waals surface area contributed by atoms with Crippen molar-refractivity contribution < 1.29 is 13.2 Å². The average molecular weight is 309 g/mol. The summed E-state index contributed by atoms with van der Waals surface area (Å²) in [6, 6.07) is 2.84. The van der Waals surface area contributed by atoms with Crippen molar-refractivity contribution >= 4 is 33.3 Å². The Hall–Kier alpha value is -2.06. The smallest absolute Gasteiger partial charge is 0.265 e. The molecule has 0 atom stereocenters. The standard InChI is InChI=1S/C12H11N3O3S2/c1-9-14-10(8-19-9)4-5-12(16)15-20(17,18)11-3-2-6-13-7-11/h2-8H,1H3,(H,15,16). The quantitative estimate of drug-likeness (QED) is 0.862. The number of sulfonamides is 1. The number of pyridine rings is 1. The Balaban J connectivity index is 2.06. The van der Waals surface area contributed by atoms with Crippen LogP contribution < -0.4 is 4.72 Å². The SMILES string of the molecule is Cc1nc(C=CC(=O)NS(=O)(=O)c2cccnc2)cs1. The van der Waals surface area contributed by atoms with Gasteiger partial charge in [0.2, 0.25) is 0 Å². The Kier molecular flexibility index (Phi) is 4.26. The van der Waals surface area contributed by atoms with E-state index in [2.05, 4.69) is 9.97 Å². The summed E-state index contributed by atoms with van der Waals surface area (Å²) in [7, 11) is -3.89. The molecule has 2 aromatic rings. The van der Waals surface area contributed by atoms with Crippen LogP contribution >= 0.6 is 11.3 Å². The number of nitrogens with one attached hydrogen (secondary N) is 1. The fourth-order valence-electron chi connectivity index (χ4n) is 1.35. The van der Waals surface area contributed by atoms with Gasteiger partial charge in [-0.05, 0) is 25.1 Å². The number of aryl methyl sites for hydroxylation is 1. The Morgan fingerprint density at radius 1 is 1.45 bits per heavy atom. The molecule has 0 saturated heterocycles. The molecule has 0 aliphatic rings. The van der Waals surface area contributed by atoms with Crippen molar-refractivity contribution in [2.75, 3.05) is 0 Å². The molecule has 0 saturated carbocycles. The molecule has 104 valence electrons. The predicted octanol–water partition coefficient (Wildman–Crippen LogP) is 1.36. The maximum absolute atomic E-state index is 11.8. The second-order valence-electron chi connectivity index (χ2n) is 3.78. The molecule has 0 aromatic carbocycles. The summed E-state index contributed by atoms with van der Waals surface area (Å²) in [5.74, 6) is -0.737. The van der Waals surface area contributed by atoms with Gasteiger partial charge in [0, 0.05) is 23.8 Å². The largest absolute Gasteiger partial charge is 0.269 e. The van der Waals surface area contributed by atoms with Gasteiger partial charge in [-0.1, -0.05) is 0 Å². The van der Waals surface area contributed by atoms with Crippen LogP contribution in [0.25, 0.3) is 6.08 Å². The minimum absolute atomic E-state index is 0.0637. The highest BCUT2D eigenvalue weighted by Crippen LogP contribution is 2.09. The van der Waals surface area contributed by atoms with Gasteiger partial charge in [-0.3, -0.25) is 9.78 Å². The highest BCUT2D eigenvalue weighted by molar-refractivity contribution is 7.90. The molecule has 0 aliphatic heterocycles. The summed E-state index contributed by atoms with van der Waals surface area (Å²) in [4.78, 5) is 19.4. The van der Waals surface area contributed by atoms with Crippen LogP contribution in [0.2, 0.25) is 0 Å². The molecule has 0 aliphatic carbocycles. The summed E-state index contributed by atoms with van der Waals surface area (Å²) in [5.41, 5.74) is 0.612. The molecule has 0 unspecified atom stereocenters. The van der Waals surface area contributed by atoms with E-state index in [9.17, 15) is 13.2 Å². The van der Waals surface area contributed by atoms with Crippen molar-refractivity contribution in [1.29, 1.82) is 0 Å². The molecule has 2 rings (SSSR count). The molecule has 0 radical (unpaired) electrons. The number of aromatic nitrogens is 2. The van der Waals surface area contributed by atoms with Gasteiger partial charge in [-0.2, -0.15) is 0 Å². The topological polar surface area (TPSA) is 89.0 Å². The summed E-state index contributed by atoms with van der Waals surface area (Å²) < 4.78 is 25.6. The van der Waals surface area contributed by atoms with Crippen LogP contribution in [-0.4, -0.2) is 24.3 Å². The number of hydrogen-bond acceptors (Lipinski definition) is 6. The molecule has 20 heavy (non-hydrogen) atoms. The van der Waals surface area contributed by atoms with Crippen molar-refractivity contribution in [2.45, 2.75) is 11.8 Å². The van der Waals surface area contributed by atoms with Gasteiger partial charge in [0.25, 0.3) is 15.9 Å². The fraction of sp³-hybridized carbons (Fsp3) is 0.0833. The van der Waals surface area contributed by atoms with E-state index in [0.29, 0.717) is 5.69 Å². The van der Waals surface area contributed by atoms with Crippen molar-refractivity contribution in [1.82, 2.24) is 14.7 Å². The third kappa shape index (κ3) is 3.72. The molecule has 1 amide bonds. The average Bonchev–Trinajstić information content (AvgIpc) is 2.83. The van der Waals surface area contributed by atoms with E-state index in [0.717, 1.165) is 11.1 Å². The molecule has 0 spiro atoms. The van der Waals surface area contributed by atoms with Crippen molar-refractivity contribution in [2.24, 2.45) is 0 Å². The third-order valence-corrected chi connectivity index (χ3v) is 4.35. The maximum atomic E-state index is 11.8. The highest BCUT2D eigenvalue weighted by atomic mass is 32.2. The van der Waals surface area contributed by atoms with Gasteiger partial charge in [-0.15, -0.1) is 11.3 Å². The van der Waals surface area contributed by atoms with Gasteiger partial charge in [0.15, 0.2) is 0 Å². The number of carbonyl (C=O) groups is 1. The van der Waals surface area contributed by atoms with Crippen molar-refractivity contribution in [3.63, 3.8) is 0 Å². The number of thiazole rings is 1. The predicted molar refractivity (Wildman–Crippen MR) is 75.5 cm³/mol. The van der Waals surface area contributed by atoms with Crippen LogP contribution in [0.5, 0.6) is 0 Å². The summed E-state index contributed by atoms with van der Waals surface area (Å²) >= 11 is 1.45. The lowest BCUT2D eigenvalue weighted by Gasteiger charge is -2.03. The van der Waals surface area contributed by atoms with Gasteiger partial charge < -0.3 is 0 Å². The van der Waals surface area contributed by atoms with Gasteiger partial charge in [0.05, 0.1) is 10.7 Å². The first-order valence-electron chi connectivity index (χ1n) is 5.54. The zero-order valence-corrected chi connectivity index (χ0v) is 12.1. The van der Waals surface area contributed by atoms with E-state index in [-0.39, 0.29) is 4.90 Å². The third-order valence-electron chi connectivity index (χ3n) is 2.22. The summed E-state index contributed by atoms with van der Waals surface area (Å²) in [6.45, 7) is 1.84. The molecule has 2 aromatic heterocycles. The number of rotatable bonds is 4. The van der Waals surface area contributed by atoms with E-state index in [1.807, 2.05) is 11.6 Å². The van der Waals surface area contributed by atoms with Crippen LogP contribution in [0.15, 0.2) is 40.9 Å². The zero-order chi connectivity index (χ0) is 14.6. The summed E-state index contributed by atoms with van der Waals surface area (Å²) in [6.07, 6.45) is 5.20. The Bertz CT molecular complexity index is 736. The normalized spacial score (nSPS) is 11.7. The van der Waals surface area contributed by atoms with E-state index >= 15 is 0 Å². The van der Waals surface area contributed by atoms with Gasteiger partial charge in [0.1, 0.15) is 4.90 Å². The van der Waals surface area contributed by atoms with Crippen LogP contribution in [0.3, 0.4) is 0 Å². The monoisotopic (exact) mass is 309 g/mol. The number of carbonyl (C=O) groups excluding carboxylic acids is 1. The highest BCUT2D eigenvalue weighted by Gasteiger charge is 2.15. The first-order valence-corrected chi connectivity index (χ1v) is 7.91. The minimum atomic E-state index is -3.89. The fourth-order valence-corrected chi connectivity index (χ4v) is 2.84. The zero-order valence-electron chi connectivity index (χ0n) is 10.5. The molecule has 1 N–H and O–H groups in total. The van der Waals surface area contributed by atoms with Gasteiger partial charge >= 0.3 is 0 Å². The van der Waals surface area contributed by atoms with E-state index < -0.39 is 15.9 Å². The lowest BCUT2D eigenvalue weighted by molar-refractivity contribution is -0.114.